The van der Waals surface area contributed by atoms with Crippen LogP contribution < -0.4 is 10.9 Å². The van der Waals surface area contributed by atoms with E-state index in [9.17, 15) is 19.1 Å². The molecule has 3 rings (SSSR count). The topological polar surface area (TPSA) is 71.3 Å². The molecule has 32 heavy (non-hydrogen) atoms. The van der Waals surface area contributed by atoms with Crippen molar-refractivity contribution in [3.8, 4) is 5.75 Å². The zero-order chi connectivity index (χ0) is 22.9. The average Bonchev–Trinajstić information content (AvgIpc) is 2.77. The molecule has 0 aliphatic heterocycles. The van der Waals surface area contributed by atoms with E-state index in [1.165, 1.54) is 50.3 Å². The van der Waals surface area contributed by atoms with Gasteiger partial charge in [-0.2, -0.15) is 0 Å². The maximum absolute atomic E-state index is 13.5. The monoisotopic (exact) mass is 438 g/mol. The van der Waals surface area contributed by atoms with E-state index in [2.05, 4.69) is 12.2 Å². The molecule has 0 spiro atoms. The first-order valence-corrected chi connectivity index (χ1v) is 11.4. The summed E-state index contributed by atoms with van der Waals surface area (Å²) < 4.78 is 15.0. The summed E-state index contributed by atoms with van der Waals surface area (Å²) in [5.41, 5.74) is -0.0533. The van der Waals surface area contributed by atoms with E-state index in [4.69, 9.17) is 0 Å². The fourth-order valence-corrected chi connectivity index (χ4v) is 3.98. The number of fused-ring (bicyclic) bond motifs is 1. The molecule has 0 atom stereocenters. The zero-order valence-corrected chi connectivity index (χ0v) is 18.6. The second kappa shape index (κ2) is 11.5. The molecule has 0 saturated heterocycles. The number of benzene rings is 2. The Morgan fingerprint density at radius 1 is 0.969 bits per heavy atom. The van der Waals surface area contributed by atoms with Crippen molar-refractivity contribution >= 4 is 22.5 Å². The second-order valence-corrected chi connectivity index (χ2v) is 8.14. The van der Waals surface area contributed by atoms with E-state index in [0.29, 0.717) is 17.4 Å². The highest BCUT2D eigenvalue weighted by atomic mass is 19.1. The van der Waals surface area contributed by atoms with E-state index < -0.39 is 17.3 Å². The summed E-state index contributed by atoms with van der Waals surface area (Å²) in [6, 6.07) is 12.4. The predicted molar refractivity (Wildman–Crippen MR) is 127 cm³/mol. The summed E-state index contributed by atoms with van der Waals surface area (Å²) in [4.78, 5) is 26.1. The number of aryl methyl sites for hydroxylation is 1. The molecule has 0 bridgehead atoms. The van der Waals surface area contributed by atoms with Gasteiger partial charge in [0.25, 0.3) is 11.5 Å². The average molecular weight is 439 g/mol. The van der Waals surface area contributed by atoms with Gasteiger partial charge in [0.2, 0.25) is 0 Å². The number of aromatic hydroxyl groups is 1. The van der Waals surface area contributed by atoms with Gasteiger partial charge in [0.05, 0.1) is 5.52 Å². The van der Waals surface area contributed by atoms with Crippen molar-refractivity contribution in [2.45, 2.75) is 64.8 Å². The Labute approximate surface area is 187 Å². The number of para-hydroxylation sites is 1. The van der Waals surface area contributed by atoms with Gasteiger partial charge in [0.1, 0.15) is 17.1 Å². The molecule has 0 unspecified atom stereocenters. The number of aromatic nitrogens is 1. The highest BCUT2D eigenvalue weighted by Gasteiger charge is 2.22. The molecule has 0 radical (unpaired) electrons. The number of unbranched alkanes of at least 4 members (excludes halogenated alkanes) is 7. The summed E-state index contributed by atoms with van der Waals surface area (Å²) >= 11 is 0. The van der Waals surface area contributed by atoms with Crippen molar-refractivity contribution in [3.63, 3.8) is 0 Å². The lowest BCUT2D eigenvalue weighted by atomic mass is 10.1. The number of nitrogens with one attached hydrogen (secondary N) is 1. The number of carbonyl (C=O) groups is 1. The quantitative estimate of drug-likeness (QED) is 0.348. The molecule has 1 heterocycles. The summed E-state index contributed by atoms with van der Waals surface area (Å²) in [5.74, 6) is -1.61. The third kappa shape index (κ3) is 5.75. The Balaban J connectivity index is 1.80. The van der Waals surface area contributed by atoms with E-state index >= 15 is 0 Å². The number of amides is 1. The minimum Gasteiger partial charge on any atom is -0.506 e. The fourth-order valence-electron chi connectivity index (χ4n) is 3.98. The van der Waals surface area contributed by atoms with Crippen molar-refractivity contribution in [1.29, 1.82) is 0 Å². The lowest BCUT2D eigenvalue weighted by Gasteiger charge is -2.15. The van der Waals surface area contributed by atoms with Gasteiger partial charge in [-0.1, -0.05) is 70.1 Å². The van der Waals surface area contributed by atoms with Crippen LogP contribution >= 0.6 is 0 Å². The lowest BCUT2D eigenvalue weighted by molar-refractivity contribution is 0.102. The Morgan fingerprint density at radius 3 is 2.38 bits per heavy atom. The largest absolute Gasteiger partial charge is 0.506 e. The number of hydrogen-bond donors (Lipinski definition) is 2. The smallest absolute Gasteiger partial charge is 0.267 e. The standard InChI is InChI=1S/C26H31FN2O3/c1-2-3-4-5-6-7-8-11-17-29-22-16-10-9-15-21(22)24(30)23(26(29)32)25(31)28-20-14-12-13-19(27)18-20/h9-10,12-16,18,30H,2-8,11,17H2,1H3,(H,28,31). The van der Waals surface area contributed by atoms with Crippen molar-refractivity contribution in [2.24, 2.45) is 0 Å². The Morgan fingerprint density at radius 2 is 1.66 bits per heavy atom. The minimum absolute atomic E-state index is 0.219. The summed E-state index contributed by atoms with van der Waals surface area (Å²) in [5, 5.41) is 13.7. The molecule has 3 aromatic rings. The van der Waals surface area contributed by atoms with Gasteiger partial charge in [-0.25, -0.2) is 4.39 Å². The molecule has 0 aliphatic rings. The molecule has 6 heteroatoms. The Bertz CT molecular complexity index is 1120. The third-order valence-electron chi connectivity index (χ3n) is 5.69. The van der Waals surface area contributed by atoms with Crippen LogP contribution in [0.25, 0.3) is 10.9 Å². The van der Waals surface area contributed by atoms with Crippen LogP contribution in [-0.2, 0) is 6.54 Å². The van der Waals surface area contributed by atoms with Crippen LogP contribution in [0.1, 0.15) is 68.6 Å². The van der Waals surface area contributed by atoms with Crippen LogP contribution in [0.15, 0.2) is 53.3 Å². The third-order valence-corrected chi connectivity index (χ3v) is 5.69. The molecule has 0 saturated carbocycles. The van der Waals surface area contributed by atoms with Gasteiger partial charge in [0.15, 0.2) is 0 Å². The number of pyridine rings is 1. The van der Waals surface area contributed by atoms with Crippen molar-refractivity contribution in [2.75, 3.05) is 5.32 Å². The fraction of sp³-hybridized carbons (Fsp3) is 0.385. The highest BCUT2D eigenvalue weighted by Crippen LogP contribution is 2.27. The molecule has 2 aromatic carbocycles. The zero-order valence-electron chi connectivity index (χ0n) is 18.6. The molecule has 0 fully saturated rings. The van der Waals surface area contributed by atoms with Crippen LogP contribution in [0.2, 0.25) is 0 Å². The second-order valence-electron chi connectivity index (χ2n) is 8.14. The van der Waals surface area contributed by atoms with Gasteiger partial charge < -0.3 is 15.0 Å². The van der Waals surface area contributed by atoms with Crippen LogP contribution in [0.4, 0.5) is 10.1 Å². The van der Waals surface area contributed by atoms with Gasteiger partial charge >= 0.3 is 0 Å². The van der Waals surface area contributed by atoms with Gasteiger partial charge in [-0.05, 0) is 36.8 Å². The maximum atomic E-state index is 13.5. The summed E-state index contributed by atoms with van der Waals surface area (Å²) in [6.45, 7) is 2.67. The molecular weight excluding hydrogens is 407 g/mol. The molecular formula is C26H31FN2O3. The van der Waals surface area contributed by atoms with E-state index in [0.717, 1.165) is 25.3 Å². The molecule has 1 aromatic heterocycles. The minimum atomic E-state index is -0.756. The molecule has 170 valence electrons. The number of anilines is 1. The summed E-state index contributed by atoms with van der Waals surface area (Å²) in [6.07, 6.45) is 9.11. The Hall–Kier alpha value is -3.15. The van der Waals surface area contributed by atoms with Crippen molar-refractivity contribution in [1.82, 2.24) is 4.57 Å². The molecule has 1 amide bonds. The SMILES string of the molecule is CCCCCCCCCCn1c(=O)c(C(=O)Nc2cccc(F)c2)c(O)c2ccccc21. The van der Waals surface area contributed by atoms with E-state index in [-0.39, 0.29) is 17.0 Å². The number of rotatable bonds is 11. The Kier molecular flexibility index (Phi) is 8.42. The maximum Gasteiger partial charge on any atom is 0.267 e. The van der Waals surface area contributed by atoms with E-state index in [1.54, 1.807) is 28.8 Å². The molecule has 2 N–H and O–H groups in total. The first-order chi connectivity index (χ1) is 15.5. The van der Waals surface area contributed by atoms with Crippen LogP contribution in [0.3, 0.4) is 0 Å². The lowest BCUT2D eigenvalue weighted by Crippen LogP contribution is -2.30. The van der Waals surface area contributed by atoms with E-state index in [1.807, 2.05) is 0 Å². The number of halogens is 1. The number of nitrogens with zero attached hydrogens (tertiary/aromatic N) is 1. The highest BCUT2D eigenvalue weighted by molar-refractivity contribution is 6.09. The normalized spacial score (nSPS) is 11.1. The van der Waals surface area contributed by atoms with Gasteiger partial charge in [0, 0.05) is 17.6 Å². The van der Waals surface area contributed by atoms with Crippen LogP contribution in [0, 0.1) is 5.82 Å². The van der Waals surface area contributed by atoms with Crippen LogP contribution in [0.5, 0.6) is 5.75 Å². The first kappa shape index (κ1) is 23.5. The number of carbonyl (C=O) groups excluding carboxylic acids is 1. The van der Waals surface area contributed by atoms with Crippen LogP contribution in [-0.4, -0.2) is 15.6 Å². The van der Waals surface area contributed by atoms with Gasteiger partial charge in [-0.3, -0.25) is 9.59 Å². The number of hydrogen-bond acceptors (Lipinski definition) is 3. The van der Waals surface area contributed by atoms with Crippen molar-refractivity contribution < 1.29 is 14.3 Å². The predicted octanol–water partition coefficient (Wildman–Crippen LogP) is 6.24. The molecule has 0 aliphatic carbocycles. The van der Waals surface area contributed by atoms with Gasteiger partial charge in [-0.15, -0.1) is 0 Å². The molecule has 5 nitrogen and oxygen atoms in total. The van der Waals surface area contributed by atoms with Crippen molar-refractivity contribution in [3.05, 3.63) is 70.3 Å². The first-order valence-electron chi connectivity index (χ1n) is 11.4. The summed E-state index contributed by atoms with van der Waals surface area (Å²) in [7, 11) is 0.